The largest absolute Gasteiger partial charge is 0.319 e. The van der Waals surface area contributed by atoms with Gasteiger partial charge in [-0.15, -0.1) is 0 Å². The monoisotopic (exact) mass is 245 g/mol. The van der Waals surface area contributed by atoms with Gasteiger partial charge in [-0.1, -0.05) is 43.0 Å². The van der Waals surface area contributed by atoms with E-state index in [0.29, 0.717) is 0 Å². The van der Waals surface area contributed by atoms with E-state index in [-0.39, 0.29) is 0 Å². The van der Waals surface area contributed by atoms with Crippen molar-refractivity contribution in [3.05, 3.63) is 34.9 Å². The lowest BCUT2D eigenvalue weighted by Crippen LogP contribution is -2.24. The maximum absolute atomic E-state index is 3.40. The summed E-state index contributed by atoms with van der Waals surface area (Å²) in [6.07, 6.45) is 6.99. The van der Waals surface area contributed by atoms with E-state index in [2.05, 4.69) is 44.4 Å². The van der Waals surface area contributed by atoms with Crippen LogP contribution in [0.5, 0.6) is 0 Å². The third-order valence-electron chi connectivity index (χ3n) is 4.46. The predicted molar refractivity (Wildman–Crippen MR) is 79.2 cm³/mol. The van der Waals surface area contributed by atoms with Crippen LogP contribution in [0.1, 0.15) is 54.7 Å². The summed E-state index contributed by atoms with van der Waals surface area (Å²) < 4.78 is 0. The lowest BCUT2D eigenvalue weighted by atomic mass is 9.80. The Kier molecular flexibility index (Phi) is 4.82. The molecule has 2 rings (SSSR count). The first kappa shape index (κ1) is 13.6. The molecule has 0 aromatic heterocycles. The Bertz CT molecular complexity index is 383. The second kappa shape index (κ2) is 6.38. The standard InChI is InChI=1S/C17H27N/c1-13-9-10-14(2)17(11-13)16-8-6-4-5-7-15(16)12-18-3/h9-11,15-16,18H,4-8,12H2,1-3H3. The van der Waals surface area contributed by atoms with Crippen molar-refractivity contribution in [3.8, 4) is 0 Å². The molecule has 1 N–H and O–H groups in total. The number of rotatable bonds is 3. The molecule has 1 aromatic rings. The van der Waals surface area contributed by atoms with E-state index in [9.17, 15) is 0 Å². The molecule has 0 amide bonds. The molecule has 100 valence electrons. The molecule has 18 heavy (non-hydrogen) atoms. The molecule has 0 spiro atoms. The van der Waals surface area contributed by atoms with Crippen molar-refractivity contribution in [1.82, 2.24) is 5.32 Å². The van der Waals surface area contributed by atoms with Crippen molar-refractivity contribution in [2.45, 2.75) is 51.9 Å². The molecular formula is C17H27N. The van der Waals surface area contributed by atoms with Gasteiger partial charge in [0.15, 0.2) is 0 Å². The third-order valence-corrected chi connectivity index (χ3v) is 4.46. The molecule has 1 heteroatoms. The van der Waals surface area contributed by atoms with Gasteiger partial charge in [-0.05, 0) is 63.2 Å². The van der Waals surface area contributed by atoms with Gasteiger partial charge in [0.1, 0.15) is 0 Å². The molecule has 0 bridgehead atoms. The van der Waals surface area contributed by atoms with Crippen molar-refractivity contribution >= 4 is 0 Å². The van der Waals surface area contributed by atoms with Crippen LogP contribution >= 0.6 is 0 Å². The van der Waals surface area contributed by atoms with Crippen LogP contribution in [0.3, 0.4) is 0 Å². The van der Waals surface area contributed by atoms with E-state index >= 15 is 0 Å². The lowest BCUT2D eigenvalue weighted by Gasteiger charge is -2.27. The van der Waals surface area contributed by atoms with Crippen LogP contribution in [0.2, 0.25) is 0 Å². The zero-order chi connectivity index (χ0) is 13.0. The summed E-state index contributed by atoms with van der Waals surface area (Å²) >= 11 is 0. The summed E-state index contributed by atoms with van der Waals surface area (Å²) in [7, 11) is 2.09. The Hall–Kier alpha value is -0.820. The van der Waals surface area contributed by atoms with Gasteiger partial charge in [0.05, 0.1) is 0 Å². The molecular weight excluding hydrogens is 218 g/mol. The van der Waals surface area contributed by atoms with Crippen molar-refractivity contribution in [2.24, 2.45) is 5.92 Å². The summed E-state index contributed by atoms with van der Waals surface area (Å²) in [6, 6.07) is 6.96. The fourth-order valence-electron chi connectivity index (χ4n) is 3.46. The van der Waals surface area contributed by atoms with Crippen molar-refractivity contribution in [2.75, 3.05) is 13.6 Å². The molecule has 0 aliphatic heterocycles. The highest BCUT2D eigenvalue weighted by Crippen LogP contribution is 2.37. The fraction of sp³-hybridized carbons (Fsp3) is 0.647. The van der Waals surface area contributed by atoms with E-state index in [4.69, 9.17) is 0 Å². The highest BCUT2D eigenvalue weighted by atomic mass is 14.8. The average molecular weight is 245 g/mol. The molecule has 0 saturated heterocycles. The van der Waals surface area contributed by atoms with Crippen molar-refractivity contribution in [3.63, 3.8) is 0 Å². The summed E-state index contributed by atoms with van der Waals surface area (Å²) in [5.41, 5.74) is 4.49. The zero-order valence-corrected chi connectivity index (χ0v) is 12.1. The molecule has 2 unspecified atom stereocenters. The van der Waals surface area contributed by atoms with E-state index in [1.165, 1.54) is 43.2 Å². The highest BCUT2D eigenvalue weighted by molar-refractivity contribution is 5.34. The van der Waals surface area contributed by atoms with E-state index < -0.39 is 0 Å². The van der Waals surface area contributed by atoms with Gasteiger partial charge in [0.25, 0.3) is 0 Å². The van der Waals surface area contributed by atoms with Gasteiger partial charge in [-0.2, -0.15) is 0 Å². The van der Waals surface area contributed by atoms with Crippen LogP contribution in [0.4, 0.5) is 0 Å². The van der Waals surface area contributed by atoms with Crippen LogP contribution in [0.15, 0.2) is 18.2 Å². The summed E-state index contributed by atoms with van der Waals surface area (Å²) in [5, 5.41) is 3.40. The first-order valence-corrected chi connectivity index (χ1v) is 7.44. The number of nitrogens with one attached hydrogen (secondary N) is 1. The Morgan fingerprint density at radius 3 is 2.67 bits per heavy atom. The van der Waals surface area contributed by atoms with Gasteiger partial charge in [-0.25, -0.2) is 0 Å². The minimum atomic E-state index is 0.764. The van der Waals surface area contributed by atoms with E-state index in [1.807, 2.05) is 0 Å². The van der Waals surface area contributed by atoms with E-state index in [0.717, 1.165) is 18.4 Å². The van der Waals surface area contributed by atoms with Crippen LogP contribution in [0, 0.1) is 19.8 Å². The Morgan fingerprint density at radius 2 is 1.89 bits per heavy atom. The molecule has 1 nitrogen and oxygen atoms in total. The molecule has 1 aliphatic carbocycles. The molecule has 0 radical (unpaired) electrons. The fourth-order valence-corrected chi connectivity index (χ4v) is 3.46. The molecule has 2 atom stereocenters. The third kappa shape index (κ3) is 3.14. The number of benzene rings is 1. The van der Waals surface area contributed by atoms with Gasteiger partial charge in [0, 0.05) is 0 Å². The SMILES string of the molecule is CNCC1CCCCCC1c1cc(C)ccc1C. The van der Waals surface area contributed by atoms with Gasteiger partial charge < -0.3 is 5.32 Å². The molecule has 1 saturated carbocycles. The predicted octanol–water partition coefficient (Wildman–Crippen LogP) is 4.19. The molecule has 1 fully saturated rings. The normalized spacial score (nSPS) is 24.8. The Labute approximate surface area is 112 Å². The van der Waals surface area contributed by atoms with Crippen LogP contribution < -0.4 is 5.32 Å². The Morgan fingerprint density at radius 1 is 1.11 bits per heavy atom. The maximum Gasteiger partial charge on any atom is -0.00177 e. The quantitative estimate of drug-likeness (QED) is 0.787. The number of aryl methyl sites for hydroxylation is 2. The van der Waals surface area contributed by atoms with Gasteiger partial charge >= 0.3 is 0 Å². The molecule has 1 aliphatic rings. The zero-order valence-electron chi connectivity index (χ0n) is 12.1. The van der Waals surface area contributed by atoms with Crippen molar-refractivity contribution < 1.29 is 0 Å². The first-order chi connectivity index (χ1) is 8.72. The van der Waals surface area contributed by atoms with Crippen LogP contribution in [-0.2, 0) is 0 Å². The highest BCUT2D eigenvalue weighted by Gasteiger charge is 2.25. The Balaban J connectivity index is 2.28. The maximum atomic E-state index is 3.40. The second-order valence-electron chi connectivity index (χ2n) is 5.92. The van der Waals surface area contributed by atoms with Crippen molar-refractivity contribution in [1.29, 1.82) is 0 Å². The lowest BCUT2D eigenvalue weighted by molar-refractivity contribution is 0.385. The molecule has 1 aromatic carbocycles. The number of hydrogen-bond acceptors (Lipinski definition) is 1. The topological polar surface area (TPSA) is 12.0 Å². The first-order valence-electron chi connectivity index (χ1n) is 7.44. The average Bonchev–Trinajstić information content (AvgIpc) is 2.58. The summed E-state index contributed by atoms with van der Waals surface area (Å²) in [4.78, 5) is 0. The van der Waals surface area contributed by atoms with Gasteiger partial charge in [0.2, 0.25) is 0 Å². The van der Waals surface area contributed by atoms with Crippen LogP contribution in [-0.4, -0.2) is 13.6 Å². The minimum Gasteiger partial charge on any atom is -0.319 e. The van der Waals surface area contributed by atoms with E-state index in [1.54, 1.807) is 5.56 Å². The minimum absolute atomic E-state index is 0.764. The number of hydrogen-bond donors (Lipinski definition) is 1. The molecule has 0 heterocycles. The summed E-state index contributed by atoms with van der Waals surface area (Å²) in [6.45, 7) is 5.65. The summed E-state index contributed by atoms with van der Waals surface area (Å²) in [5.74, 6) is 1.58. The second-order valence-corrected chi connectivity index (χ2v) is 5.92. The van der Waals surface area contributed by atoms with Gasteiger partial charge in [-0.3, -0.25) is 0 Å². The van der Waals surface area contributed by atoms with Crippen LogP contribution in [0.25, 0.3) is 0 Å². The smallest absolute Gasteiger partial charge is 0.00177 e.